The molecule has 0 bridgehead atoms. The number of nitrogens with one attached hydrogen (secondary N) is 1. The fourth-order valence-corrected chi connectivity index (χ4v) is 4.66. The molecule has 2 amide bonds. The van der Waals surface area contributed by atoms with Gasteiger partial charge in [0.1, 0.15) is 6.54 Å². The summed E-state index contributed by atoms with van der Waals surface area (Å²) in [5.41, 5.74) is 1.56. The summed E-state index contributed by atoms with van der Waals surface area (Å²) < 4.78 is 0. The summed E-state index contributed by atoms with van der Waals surface area (Å²) in [7, 11) is 0. The van der Waals surface area contributed by atoms with E-state index < -0.39 is 16.9 Å². The van der Waals surface area contributed by atoms with E-state index in [0.717, 1.165) is 4.88 Å². The van der Waals surface area contributed by atoms with Crippen LogP contribution in [0.15, 0.2) is 53.9 Å². The zero-order chi connectivity index (χ0) is 21.4. The Morgan fingerprint density at radius 2 is 2.07 bits per heavy atom. The van der Waals surface area contributed by atoms with Crippen LogP contribution in [0.4, 0.5) is 11.4 Å². The van der Waals surface area contributed by atoms with Crippen LogP contribution in [0.2, 0.25) is 5.02 Å². The molecule has 0 radical (unpaired) electrons. The number of thiophene rings is 1. The van der Waals surface area contributed by atoms with Gasteiger partial charge in [0.25, 0.3) is 11.6 Å². The maximum Gasteiger partial charge on any atom is 0.273 e. The van der Waals surface area contributed by atoms with Crippen molar-refractivity contribution in [3.05, 3.63) is 90.6 Å². The summed E-state index contributed by atoms with van der Waals surface area (Å²) in [4.78, 5) is 39.3. The van der Waals surface area contributed by atoms with Crippen LogP contribution in [-0.2, 0) is 4.79 Å². The molecule has 152 valence electrons. The van der Waals surface area contributed by atoms with Crippen molar-refractivity contribution in [1.82, 2.24) is 4.90 Å². The molecule has 3 aromatic rings. The highest BCUT2D eigenvalue weighted by molar-refractivity contribution is 7.10. The van der Waals surface area contributed by atoms with Crippen molar-refractivity contribution in [3.63, 3.8) is 0 Å². The fourth-order valence-electron chi connectivity index (χ4n) is 3.63. The Kier molecular flexibility index (Phi) is 5.27. The molecule has 0 spiro atoms. The van der Waals surface area contributed by atoms with Crippen molar-refractivity contribution < 1.29 is 14.5 Å². The molecule has 9 heteroatoms. The van der Waals surface area contributed by atoms with Gasteiger partial charge < -0.3 is 10.2 Å². The molecule has 0 fully saturated rings. The lowest BCUT2D eigenvalue weighted by molar-refractivity contribution is -0.385. The number of nitrogens with zero attached hydrogens (tertiary/aromatic N) is 2. The number of hydrogen-bond donors (Lipinski definition) is 1. The van der Waals surface area contributed by atoms with Crippen molar-refractivity contribution in [2.75, 3.05) is 11.9 Å². The first-order valence-corrected chi connectivity index (χ1v) is 10.3. The number of nitro benzene ring substituents is 1. The second-order valence-electron chi connectivity index (χ2n) is 6.84. The van der Waals surface area contributed by atoms with E-state index in [1.807, 2.05) is 17.5 Å². The molecule has 1 N–H and O–H groups in total. The van der Waals surface area contributed by atoms with Crippen LogP contribution in [0.3, 0.4) is 0 Å². The molecular formula is C21H16ClN3O4S. The van der Waals surface area contributed by atoms with Crippen molar-refractivity contribution >= 4 is 46.1 Å². The largest absolute Gasteiger partial charge is 0.324 e. The second kappa shape index (κ2) is 7.89. The molecule has 1 unspecified atom stereocenters. The number of fused-ring (bicyclic) bond motifs is 1. The zero-order valence-corrected chi connectivity index (χ0v) is 17.4. The molecule has 1 aliphatic rings. The van der Waals surface area contributed by atoms with Gasteiger partial charge in [-0.2, -0.15) is 0 Å². The quantitative estimate of drug-likeness (QED) is 0.466. The Balaban J connectivity index is 1.89. The molecule has 30 heavy (non-hydrogen) atoms. The highest BCUT2D eigenvalue weighted by atomic mass is 35.5. The average molecular weight is 442 g/mol. The molecule has 0 saturated carbocycles. The number of benzene rings is 2. The van der Waals surface area contributed by atoms with Crippen LogP contribution >= 0.6 is 22.9 Å². The minimum absolute atomic E-state index is 0.142. The molecule has 2 aromatic carbocycles. The predicted octanol–water partition coefficient (Wildman–Crippen LogP) is 4.80. The van der Waals surface area contributed by atoms with Gasteiger partial charge in [-0.25, -0.2) is 0 Å². The maximum absolute atomic E-state index is 13.6. The molecule has 1 aromatic heterocycles. The number of carbonyl (C=O) groups excluding carboxylic acids is 2. The third-order valence-corrected chi connectivity index (χ3v) is 6.17. The number of rotatable bonds is 3. The van der Waals surface area contributed by atoms with E-state index in [1.165, 1.54) is 41.4 Å². The Morgan fingerprint density at radius 3 is 2.77 bits per heavy atom. The van der Waals surface area contributed by atoms with E-state index in [2.05, 4.69) is 5.32 Å². The average Bonchev–Trinajstić information content (AvgIpc) is 3.18. The van der Waals surface area contributed by atoms with Crippen LogP contribution in [0.1, 0.15) is 32.4 Å². The van der Waals surface area contributed by atoms with Gasteiger partial charge >= 0.3 is 0 Å². The zero-order valence-electron chi connectivity index (χ0n) is 15.8. The summed E-state index contributed by atoms with van der Waals surface area (Å²) in [5, 5.41) is 16.5. The second-order valence-corrected chi connectivity index (χ2v) is 8.25. The number of halogens is 1. The summed E-state index contributed by atoms with van der Waals surface area (Å²) in [6, 6.07) is 12.7. The van der Waals surface area contributed by atoms with E-state index in [4.69, 9.17) is 11.6 Å². The molecular weight excluding hydrogens is 426 g/mol. The topological polar surface area (TPSA) is 92.6 Å². The first kappa shape index (κ1) is 20.1. The van der Waals surface area contributed by atoms with Crippen LogP contribution in [0.5, 0.6) is 0 Å². The number of carbonyl (C=O) groups is 2. The molecule has 7 nitrogen and oxygen atoms in total. The monoisotopic (exact) mass is 441 g/mol. The Morgan fingerprint density at radius 1 is 1.27 bits per heavy atom. The van der Waals surface area contributed by atoms with Crippen LogP contribution in [-0.4, -0.2) is 28.2 Å². The van der Waals surface area contributed by atoms with Crippen LogP contribution in [0.25, 0.3) is 0 Å². The summed E-state index contributed by atoms with van der Waals surface area (Å²) in [6.45, 7) is 1.34. The molecule has 0 saturated heterocycles. The third kappa shape index (κ3) is 3.55. The minimum atomic E-state index is -0.566. The lowest BCUT2D eigenvalue weighted by Crippen LogP contribution is -2.39. The first-order chi connectivity index (χ1) is 14.4. The summed E-state index contributed by atoms with van der Waals surface area (Å²) in [5.74, 6) is -0.813. The molecule has 4 rings (SSSR count). The smallest absolute Gasteiger partial charge is 0.273 e. The Bertz CT molecular complexity index is 1160. The summed E-state index contributed by atoms with van der Waals surface area (Å²) in [6.07, 6.45) is 0. The van der Waals surface area contributed by atoms with Crippen molar-refractivity contribution in [2.24, 2.45) is 0 Å². The summed E-state index contributed by atoms with van der Waals surface area (Å²) >= 11 is 7.68. The van der Waals surface area contributed by atoms with E-state index in [9.17, 15) is 19.7 Å². The molecule has 0 aliphatic carbocycles. The van der Waals surface area contributed by atoms with Crippen LogP contribution in [0, 0.1) is 17.0 Å². The Hall–Kier alpha value is -3.23. The van der Waals surface area contributed by atoms with Gasteiger partial charge in [0, 0.05) is 38.3 Å². The number of hydrogen-bond acceptors (Lipinski definition) is 5. The predicted molar refractivity (Wildman–Crippen MR) is 115 cm³/mol. The highest BCUT2D eigenvalue weighted by Gasteiger charge is 2.35. The normalized spacial score (nSPS) is 15.9. The van der Waals surface area contributed by atoms with E-state index in [0.29, 0.717) is 16.3 Å². The standard InChI is InChI=1S/C21H16ClN3O4S/c1-12-14(4-2-5-17(12)25(28)29)21(27)24-11-19(26)23-16-8-7-13(22)10-15(16)20(24)18-6-3-9-30-18/h2-10,20H,11H2,1H3,(H,23,26). The van der Waals surface area contributed by atoms with Gasteiger partial charge in [-0.3, -0.25) is 19.7 Å². The van der Waals surface area contributed by atoms with E-state index in [-0.39, 0.29) is 29.3 Å². The van der Waals surface area contributed by atoms with Gasteiger partial charge in [-0.1, -0.05) is 23.7 Å². The lowest BCUT2D eigenvalue weighted by atomic mass is 9.99. The fraction of sp³-hybridized carbons (Fsp3) is 0.143. The SMILES string of the molecule is Cc1c(C(=O)N2CC(=O)Nc3ccc(Cl)cc3C2c2cccs2)cccc1[N+](=O)[O-]. The van der Waals surface area contributed by atoms with Crippen molar-refractivity contribution in [1.29, 1.82) is 0 Å². The number of amides is 2. The molecule has 2 heterocycles. The third-order valence-electron chi connectivity index (χ3n) is 5.01. The minimum Gasteiger partial charge on any atom is -0.324 e. The van der Waals surface area contributed by atoms with E-state index >= 15 is 0 Å². The van der Waals surface area contributed by atoms with Gasteiger partial charge in [0.2, 0.25) is 5.91 Å². The molecule has 1 aliphatic heterocycles. The number of anilines is 1. The van der Waals surface area contributed by atoms with Gasteiger partial charge in [0.05, 0.1) is 11.0 Å². The maximum atomic E-state index is 13.6. The van der Waals surface area contributed by atoms with Crippen molar-refractivity contribution in [2.45, 2.75) is 13.0 Å². The van der Waals surface area contributed by atoms with Gasteiger partial charge in [0.15, 0.2) is 0 Å². The van der Waals surface area contributed by atoms with Crippen molar-refractivity contribution in [3.8, 4) is 0 Å². The lowest BCUT2D eigenvalue weighted by Gasteiger charge is -2.30. The highest BCUT2D eigenvalue weighted by Crippen LogP contribution is 2.40. The van der Waals surface area contributed by atoms with E-state index in [1.54, 1.807) is 18.2 Å². The Labute approximate surface area is 181 Å². The molecule has 1 atom stereocenters. The first-order valence-electron chi connectivity index (χ1n) is 9.04. The van der Waals surface area contributed by atoms with Crippen LogP contribution < -0.4 is 5.32 Å². The van der Waals surface area contributed by atoms with Gasteiger partial charge in [-0.05, 0) is 42.6 Å². The van der Waals surface area contributed by atoms with Gasteiger partial charge in [-0.15, -0.1) is 11.3 Å². The number of nitro groups is 1.